The molecule has 0 bridgehead atoms. The van der Waals surface area contributed by atoms with Crippen molar-refractivity contribution in [2.24, 2.45) is 0 Å². The lowest BCUT2D eigenvalue weighted by molar-refractivity contribution is -0.137. The lowest BCUT2D eigenvalue weighted by atomic mass is 10.1. The summed E-state index contributed by atoms with van der Waals surface area (Å²) in [5.74, 6) is -0.0557. The number of hydrogen-bond donors (Lipinski definition) is 1. The molecule has 0 atom stereocenters. The van der Waals surface area contributed by atoms with Crippen molar-refractivity contribution in [1.29, 1.82) is 0 Å². The molecule has 2 aromatic carbocycles. The van der Waals surface area contributed by atoms with E-state index in [0.29, 0.717) is 23.5 Å². The Balaban J connectivity index is 1.93. The summed E-state index contributed by atoms with van der Waals surface area (Å²) < 4.78 is 42.9. The maximum absolute atomic E-state index is 12.6. The van der Waals surface area contributed by atoms with Crippen molar-refractivity contribution in [2.45, 2.75) is 19.5 Å². The summed E-state index contributed by atoms with van der Waals surface area (Å²) in [6.07, 6.45) is -4.50. The first kappa shape index (κ1) is 21.3. The average molecular weight is 394 g/mol. The van der Waals surface area contributed by atoms with Crippen LogP contribution in [0.4, 0.5) is 18.9 Å². The highest BCUT2D eigenvalue weighted by atomic mass is 19.4. The minimum absolute atomic E-state index is 0.0816. The lowest BCUT2D eigenvalue weighted by Gasteiger charge is -2.20. The van der Waals surface area contributed by atoms with Crippen LogP contribution in [0.15, 0.2) is 48.5 Å². The van der Waals surface area contributed by atoms with Crippen LogP contribution in [-0.4, -0.2) is 36.9 Å². The highest BCUT2D eigenvalue weighted by molar-refractivity contribution is 5.94. The molecule has 0 aromatic heterocycles. The van der Waals surface area contributed by atoms with Crippen LogP contribution in [0.1, 0.15) is 18.1 Å². The van der Waals surface area contributed by atoms with Crippen LogP contribution < -0.4 is 10.1 Å². The first-order valence-corrected chi connectivity index (χ1v) is 8.60. The number of amides is 2. The summed E-state index contributed by atoms with van der Waals surface area (Å²) in [7, 11) is 1.54. The number of likely N-dealkylation sites (N-methyl/N-ethyl adjacent to an activating group) is 1. The monoisotopic (exact) mass is 394 g/mol. The quantitative estimate of drug-likeness (QED) is 0.778. The van der Waals surface area contributed by atoms with Crippen molar-refractivity contribution >= 4 is 17.5 Å². The van der Waals surface area contributed by atoms with E-state index in [1.165, 1.54) is 24.1 Å². The van der Waals surface area contributed by atoms with E-state index in [9.17, 15) is 22.8 Å². The molecule has 5 nitrogen and oxygen atoms in total. The highest BCUT2D eigenvalue weighted by Crippen LogP contribution is 2.29. The smallest absolute Gasteiger partial charge is 0.416 e. The van der Waals surface area contributed by atoms with Gasteiger partial charge in [0.25, 0.3) is 0 Å². The number of halogens is 3. The van der Waals surface area contributed by atoms with Gasteiger partial charge in [-0.2, -0.15) is 13.2 Å². The Labute approximate surface area is 161 Å². The minimum atomic E-state index is -4.42. The molecule has 0 aliphatic heterocycles. The van der Waals surface area contributed by atoms with E-state index >= 15 is 0 Å². The van der Waals surface area contributed by atoms with E-state index in [2.05, 4.69) is 5.32 Å². The van der Waals surface area contributed by atoms with Crippen LogP contribution in [0.3, 0.4) is 0 Å². The van der Waals surface area contributed by atoms with Gasteiger partial charge in [0.1, 0.15) is 5.75 Å². The van der Waals surface area contributed by atoms with Crippen LogP contribution in [0.25, 0.3) is 0 Å². The van der Waals surface area contributed by atoms with Gasteiger partial charge in [0.05, 0.1) is 25.6 Å². The molecular weight excluding hydrogens is 373 g/mol. The summed E-state index contributed by atoms with van der Waals surface area (Å²) in [5.41, 5.74) is 0.249. The van der Waals surface area contributed by atoms with Crippen LogP contribution in [0.5, 0.6) is 5.75 Å². The Hall–Kier alpha value is -3.03. The molecule has 0 spiro atoms. The molecule has 0 saturated carbocycles. The van der Waals surface area contributed by atoms with Gasteiger partial charge in [-0.15, -0.1) is 0 Å². The van der Waals surface area contributed by atoms with Crippen molar-refractivity contribution in [1.82, 2.24) is 4.90 Å². The summed E-state index contributed by atoms with van der Waals surface area (Å²) >= 11 is 0. The van der Waals surface area contributed by atoms with Crippen molar-refractivity contribution in [3.05, 3.63) is 59.7 Å². The van der Waals surface area contributed by atoms with Crippen LogP contribution >= 0.6 is 0 Å². The van der Waals surface area contributed by atoms with Crippen LogP contribution in [0.2, 0.25) is 0 Å². The van der Waals surface area contributed by atoms with Gasteiger partial charge in [0.15, 0.2) is 0 Å². The molecule has 0 radical (unpaired) electrons. The number of anilines is 1. The predicted molar refractivity (Wildman–Crippen MR) is 99.0 cm³/mol. The fraction of sp³-hybridized carbons (Fsp3) is 0.300. The van der Waals surface area contributed by atoms with Gasteiger partial charge in [0.2, 0.25) is 11.8 Å². The number of carbonyl (C=O) groups is 2. The van der Waals surface area contributed by atoms with Crippen molar-refractivity contribution < 1.29 is 27.5 Å². The standard InChI is InChI=1S/C20H21F3N2O3/c1-3-25(13-18(26)24-16-8-10-17(28-2)11-9-16)19(27)12-14-4-6-15(7-5-14)20(21,22)23/h4-11H,3,12-13H2,1-2H3,(H,24,26). The SMILES string of the molecule is CCN(CC(=O)Nc1ccc(OC)cc1)C(=O)Cc1ccc(C(F)(F)F)cc1. The summed E-state index contributed by atoms with van der Waals surface area (Å²) in [4.78, 5) is 25.9. The first-order chi connectivity index (χ1) is 13.2. The van der Waals surface area contributed by atoms with Gasteiger partial charge < -0.3 is 15.0 Å². The number of nitrogens with zero attached hydrogens (tertiary/aromatic N) is 1. The highest BCUT2D eigenvalue weighted by Gasteiger charge is 2.30. The maximum Gasteiger partial charge on any atom is 0.416 e. The third-order valence-electron chi connectivity index (χ3n) is 4.08. The van der Waals surface area contributed by atoms with E-state index < -0.39 is 11.7 Å². The molecule has 0 aliphatic rings. The molecule has 0 saturated heterocycles. The maximum atomic E-state index is 12.6. The number of alkyl halides is 3. The van der Waals surface area contributed by atoms with E-state index in [-0.39, 0.29) is 24.8 Å². The molecule has 0 aliphatic carbocycles. The largest absolute Gasteiger partial charge is 0.497 e. The Morgan fingerprint density at radius 2 is 1.64 bits per heavy atom. The number of nitrogens with one attached hydrogen (secondary N) is 1. The molecule has 2 amide bonds. The second-order valence-corrected chi connectivity index (χ2v) is 6.06. The van der Waals surface area contributed by atoms with Crippen molar-refractivity contribution in [2.75, 3.05) is 25.5 Å². The zero-order valence-electron chi connectivity index (χ0n) is 15.5. The number of carbonyl (C=O) groups excluding carboxylic acids is 2. The normalized spacial score (nSPS) is 11.0. The zero-order chi connectivity index (χ0) is 20.7. The van der Waals surface area contributed by atoms with Gasteiger partial charge in [-0.05, 0) is 48.9 Å². The number of methoxy groups -OCH3 is 1. The Kier molecular flexibility index (Phi) is 7.03. The lowest BCUT2D eigenvalue weighted by Crippen LogP contribution is -2.38. The predicted octanol–water partition coefficient (Wildman–Crippen LogP) is 3.74. The summed E-state index contributed by atoms with van der Waals surface area (Å²) in [6.45, 7) is 1.88. The van der Waals surface area contributed by atoms with Gasteiger partial charge >= 0.3 is 6.18 Å². The molecule has 8 heteroatoms. The molecule has 1 N–H and O–H groups in total. The summed E-state index contributed by atoms with van der Waals surface area (Å²) in [6, 6.07) is 11.2. The first-order valence-electron chi connectivity index (χ1n) is 8.60. The number of ether oxygens (including phenoxy) is 1. The van der Waals surface area contributed by atoms with E-state index in [1.54, 1.807) is 31.2 Å². The van der Waals surface area contributed by atoms with Crippen molar-refractivity contribution in [3.63, 3.8) is 0 Å². The second kappa shape index (κ2) is 9.25. The minimum Gasteiger partial charge on any atom is -0.497 e. The average Bonchev–Trinajstić information content (AvgIpc) is 2.66. The molecule has 2 rings (SSSR count). The molecule has 2 aromatic rings. The number of benzene rings is 2. The molecule has 0 unspecified atom stereocenters. The van der Waals surface area contributed by atoms with E-state index in [4.69, 9.17) is 4.74 Å². The third kappa shape index (κ3) is 6.00. The second-order valence-electron chi connectivity index (χ2n) is 6.06. The van der Waals surface area contributed by atoms with E-state index in [0.717, 1.165) is 12.1 Å². The fourth-order valence-electron chi connectivity index (χ4n) is 2.52. The Bertz CT molecular complexity index is 803. The fourth-order valence-corrected chi connectivity index (χ4v) is 2.52. The molecule has 0 heterocycles. The van der Waals surface area contributed by atoms with Gasteiger partial charge in [0, 0.05) is 12.2 Å². The Morgan fingerprint density at radius 1 is 1.04 bits per heavy atom. The number of rotatable bonds is 7. The molecule has 150 valence electrons. The summed E-state index contributed by atoms with van der Waals surface area (Å²) in [5, 5.41) is 2.69. The van der Waals surface area contributed by atoms with Crippen LogP contribution in [-0.2, 0) is 22.2 Å². The van der Waals surface area contributed by atoms with Gasteiger partial charge in [-0.1, -0.05) is 12.1 Å². The van der Waals surface area contributed by atoms with E-state index in [1.807, 2.05) is 0 Å². The zero-order valence-corrected chi connectivity index (χ0v) is 15.5. The third-order valence-corrected chi connectivity index (χ3v) is 4.08. The number of hydrogen-bond acceptors (Lipinski definition) is 3. The van der Waals surface area contributed by atoms with Gasteiger partial charge in [-0.25, -0.2) is 0 Å². The van der Waals surface area contributed by atoms with Gasteiger partial charge in [-0.3, -0.25) is 9.59 Å². The Morgan fingerprint density at radius 3 is 2.14 bits per heavy atom. The van der Waals surface area contributed by atoms with Crippen molar-refractivity contribution in [3.8, 4) is 5.75 Å². The molecule has 0 fully saturated rings. The topological polar surface area (TPSA) is 58.6 Å². The molecular formula is C20H21F3N2O3. The van der Waals surface area contributed by atoms with Crippen LogP contribution in [0, 0.1) is 0 Å². The molecule has 28 heavy (non-hydrogen) atoms.